The van der Waals surface area contributed by atoms with Gasteiger partial charge in [-0.15, -0.1) is 0 Å². The number of rotatable bonds is 6. The van der Waals surface area contributed by atoms with Crippen molar-refractivity contribution in [2.45, 2.75) is 39.0 Å². The maximum Gasteiger partial charge on any atom is 0.264 e. The third kappa shape index (κ3) is 11.8. The Labute approximate surface area is 94.7 Å². The Balaban J connectivity index is 3.88. The van der Waals surface area contributed by atoms with Crippen molar-refractivity contribution < 1.29 is 12.6 Å². The van der Waals surface area contributed by atoms with Gasteiger partial charge in [0, 0.05) is 8.07 Å². The van der Waals surface area contributed by atoms with Crippen molar-refractivity contribution in [2.75, 3.05) is 12.9 Å². The Morgan fingerprint density at radius 2 is 1.87 bits per heavy atom. The molecule has 0 N–H and O–H groups in total. The lowest BCUT2D eigenvalue weighted by atomic mass is 10.3. The van der Waals surface area contributed by atoms with E-state index in [0.29, 0.717) is 6.42 Å². The van der Waals surface area contributed by atoms with Crippen LogP contribution in [-0.4, -0.2) is 29.4 Å². The van der Waals surface area contributed by atoms with Crippen LogP contribution in [0.1, 0.15) is 13.3 Å². The van der Waals surface area contributed by atoms with Crippen molar-refractivity contribution in [1.82, 2.24) is 0 Å². The van der Waals surface area contributed by atoms with E-state index in [0.717, 1.165) is 12.3 Å². The van der Waals surface area contributed by atoms with E-state index in [1.165, 1.54) is 5.57 Å². The Kier molecular flexibility index (Phi) is 5.76. The Bertz CT molecular complexity index is 312. The summed E-state index contributed by atoms with van der Waals surface area (Å²) in [6.45, 7) is 9.30. The van der Waals surface area contributed by atoms with Crippen molar-refractivity contribution >= 4 is 18.2 Å². The molecule has 0 atom stereocenters. The molecule has 0 amide bonds. The van der Waals surface area contributed by atoms with Crippen molar-refractivity contribution in [3.63, 3.8) is 0 Å². The van der Waals surface area contributed by atoms with Gasteiger partial charge in [-0.2, -0.15) is 8.42 Å². The largest absolute Gasteiger partial charge is 0.270 e. The number of hydrogen-bond donors (Lipinski definition) is 0. The molecule has 0 rings (SSSR count). The van der Waals surface area contributed by atoms with Gasteiger partial charge in [-0.1, -0.05) is 31.3 Å². The maximum atomic E-state index is 10.7. The summed E-state index contributed by atoms with van der Waals surface area (Å²) < 4.78 is 26.0. The summed E-state index contributed by atoms with van der Waals surface area (Å²) in [6, 6.07) is 1.16. The molecular weight excluding hydrogens is 228 g/mol. The zero-order chi connectivity index (χ0) is 12.1. The molecule has 0 aliphatic carbocycles. The van der Waals surface area contributed by atoms with Gasteiger partial charge in [0.2, 0.25) is 0 Å². The monoisotopic (exact) mass is 250 g/mol. The predicted octanol–water partition coefficient (Wildman–Crippen LogP) is 2.64. The van der Waals surface area contributed by atoms with Crippen LogP contribution in [0.4, 0.5) is 0 Å². The first-order valence-corrected chi connectivity index (χ1v) is 10.6. The molecule has 0 aliphatic rings. The zero-order valence-electron chi connectivity index (χ0n) is 10.3. The molecule has 0 fully saturated rings. The lowest BCUT2D eigenvalue weighted by Gasteiger charge is -2.15. The van der Waals surface area contributed by atoms with Gasteiger partial charge in [-0.25, -0.2) is 0 Å². The fourth-order valence-electron chi connectivity index (χ4n) is 1.41. The molecule has 0 aromatic carbocycles. The summed E-state index contributed by atoms with van der Waals surface area (Å²) in [4.78, 5) is 0. The van der Waals surface area contributed by atoms with Crippen LogP contribution in [0, 0.1) is 0 Å². The van der Waals surface area contributed by atoms with Crippen LogP contribution in [0.3, 0.4) is 0 Å². The van der Waals surface area contributed by atoms with Gasteiger partial charge in [0.25, 0.3) is 10.1 Å². The summed E-state index contributed by atoms with van der Waals surface area (Å²) in [5, 5.41) is 0. The molecule has 0 radical (unpaired) electrons. The minimum atomic E-state index is -3.28. The van der Waals surface area contributed by atoms with E-state index in [9.17, 15) is 8.42 Å². The Morgan fingerprint density at radius 3 is 2.27 bits per heavy atom. The van der Waals surface area contributed by atoms with Gasteiger partial charge in [-0.05, 0) is 19.4 Å². The van der Waals surface area contributed by atoms with Crippen LogP contribution in [0.15, 0.2) is 11.6 Å². The van der Waals surface area contributed by atoms with Gasteiger partial charge in [0.05, 0.1) is 12.9 Å². The van der Waals surface area contributed by atoms with E-state index < -0.39 is 18.2 Å². The van der Waals surface area contributed by atoms with Crippen LogP contribution in [-0.2, 0) is 14.3 Å². The smallest absolute Gasteiger partial charge is 0.264 e. The molecule has 0 aromatic heterocycles. The van der Waals surface area contributed by atoms with Gasteiger partial charge in [0.15, 0.2) is 0 Å². The van der Waals surface area contributed by atoms with E-state index in [1.54, 1.807) is 0 Å². The molecule has 15 heavy (non-hydrogen) atoms. The lowest BCUT2D eigenvalue weighted by Crippen LogP contribution is -2.19. The summed E-state index contributed by atoms with van der Waals surface area (Å²) in [5.74, 6) is 0. The average molecular weight is 250 g/mol. The average Bonchev–Trinajstić information content (AvgIpc) is 1.92. The van der Waals surface area contributed by atoms with E-state index in [4.69, 9.17) is 0 Å². The fraction of sp³-hybridized carbons (Fsp3) is 0.800. The molecule has 0 saturated heterocycles. The zero-order valence-corrected chi connectivity index (χ0v) is 12.1. The highest BCUT2D eigenvalue weighted by Crippen LogP contribution is 2.15. The SMILES string of the molecule is C/C(=C/CCOS(C)(=O)=O)C[Si](C)(C)C. The lowest BCUT2D eigenvalue weighted by molar-refractivity contribution is 0.328. The van der Waals surface area contributed by atoms with Crippen LogP contribution >= 0.6 is 0 Å². The van der Waals surface area contributed by atoms with E-state index >= 15 is 0 Å². The number of allylic oxidation sites excluding steroid dienone is 1. The van der Waals surface area contributed by atoms with Crippen molar-refractivity contribution in [2.24, 2.45) is 0 Å². The first-order chi connectivity index (χ1) is 6.60. The normalized spacial score (nSPS) is 14.3. The first-order valence-electron chi connectivity index (χ1n) is 5.10. The number of hydrogen-bond acceptors (Lipinski definition) is 3. The molecule has 0 spiro atoms. The van der Waals surface area contributed by atoms with Crippen LogP contribution in [0.5, 0.6) is 0 Å². The molecule has 90 valence electrons. The highest BCUT2D eigenvalue weighted by atomic mass is 32.2. The fourth-order valence-corrected chi connectivity index (χ4v) is 3.63. The predicted molar refractivity (Wildman–Crippen MR) is 67.3 cm³/mol. The molecule has 3 nitrogen and oxygen atoms in total. The van der Waals surface area contributed by atoms with Gasteiger partial charge >= 0.3 is 0 Å². The molecule has 0 heterocycles. The molecular formula is C10H22O3SSi. The maximum absolute atomic E-state index is 10.7. The molecule has 0 saturated carbocycles. The second-order valence-corrected chi connectivity index (χ2v) is 12.2. The molecule has 0 aromatic rings. The van der Waals surface area contributed by atoms with Crippen LogP contribution in [0.25, 0.3) is 0 Å². The summed E-state index contributed by atoms with van der Waals surface area (Å²) in [6.07, 6.45) is 3.82. The topological polar surface area (TPSA) is 43.4 Å². The molecule has 0 aliphatic heterocycles. The highest BCUT2D eigenvalue weighted by molar-refractivity contribution is 7.85. The van der Waals surface area contributed by atoms with Crippen molar-refractivity contribution in [3.8, 4) is 0 Å². The molecule has 0 bridgehead atoms. The third-order valence-corrected chi connectivity index (χ3v) is 3.93. The summed E-state index contributed by atoms with van der Waals surface area (Å²) in [5.41, 5.74) is 1.34. The minimum absolute atomic E-state index is 0.252. The van der Waals surface area contributed by atoms with Gasteiger partial charge in [-0.3, -0.25) is 4.18 Å². The third-order valence-electron chi connectivity index (χ3n) is 1.72. The highest BCUT2D eigenvalue weighted by Gasteiger charge is 2.12. The standard InChI is InChI=1S/C10H22O3SSi/c1-10(9-15(3,4)5)7-6-8-13-14(2,11)12/h7H,6,8-9H2,1-5H3/b10-7-. The first kappa shape index (κ1) is 14.9. The second kappa shape index (κ2) is 5.82. The summed E-state index contributed by atoms with van der Waals surface area (Å²) in [7, 11) is -4.32. The van der Waals surface area contributed by atoms with E-state index in [2.05, 4.69) is 36.8 Å². The van der Waals surface area contributed by atoms with Crippen molar-refractivity contribution in [1.29, 1.82) is 0 Å². The minimum Gasteiger partial charge on any atom is -0.270 e. The Morgan fingerprint density at radius 1 is 1.33 bits per heavy atom. The molecule has 5 heteroatoms. The van der Waals surface area contributed by atoms with Gasteiger partial charge < -0.3 is 0 Å². The quantitative estimate of drug-likeness (QED) is 0.315. The molecule has 0 unspecified atom stereocenters. The van der Waals surface area contributed by atoms with Crippen LogP contribution < -0.4 is 0 Å². The van der Waals surface area contributed by atoms with Crippen LogP contribution in [0.2, 0.25) is 25.7 Å². The van der Waals surface area contributed by atoms with Crippen molar-refractivity contribution in [3.05, 3.63) is 11.6 Å². The summed E-state index contributed by atoms with van der Waals surface area (Å²) >= 11 is 0. The Hall–Kier alpha value is -0.133. The second-order valence-electron chi connectivity index (χ2n) is 5.10. The van der Waals surface area contributed by atoms with E-state index in [1.807, 2.05) is 0 Å². The van der Waals surface area contributed by atoms with E-state index in [-0.39, 0.29) is 6.61 Å². The van der Waals surface area contributed by atoms with Gasteiger partial charge in [0.1, 0.15) is 0 Å².